The lowest BCUT2D eigenvalue weighted by Crippen LogP contribution is -2.43. The lowest BCUT2D eigenvalue weighted by molar-refractivity contribution is -0.133. The van der Waals surface area contributed by atoms with Gasteiger partial charge in [0.1, 0.15) is 41.6 Å². The molecular weight excluding hydrogens is 608 g/mol. The van der Waals surface area contributed by atoms with Crippen LogP contribution in [0, 0.1) is 5.41 Å². The maximum absolute atomic E-state index is 13.5. The predicted octanol–water partition coefficient (Wildman–Crippen LogP) is 5.43. The summed E-state index contributed by atoms with van der Waals surface area (Å²) in [5.41, 5.74) is 0.181. The van der Waals surface area contributed by atoms with E-state index < -0.39 is 18.4 Å². The van der Waals surface area contributed by atoms with Crippen LogP contribution in [0.3, 0.4) is 0 Å². The molecule has 2 N–H and O–H groups in total. The van der Waals surface area contributed by atoms with Gasteiger partial charge in [0.05, 0.1) is 5.69 Å². The van der Waals surface area contributed by atoms with Crippen molar-refractivity contribution in [2.24, 2.45) is 0 Å². The molecule has 234 valence electrons. The maximum Gasteiger partial charge on any atom is 0.387 e. The van der Waals surface area contributed by atoms with Crippen LogP contribution in [0.15, 0.2) is 73.2 Å². The largest absolute Gasteiger partial charge is 0.490 e. The molecule has 2 aromatic carbocycles. The first kappa shape index (κ1) is 31.5. The Kier molecular flexibility index (Phi) is 9.98. The van der Waals surface area contributed by atoms with Gasteiger partial charge in [-0.05, 0) is 43.3 Å². The van der Waals surface area contributed by atoms with E-state index in [2.05, 4.69) is 20.4 Å². The summed E-state index contributed by atoms with van der Waals surface area (Å²) in [6.07, 6.45) is 5.61. The number of likely N-dealkylation sites (tertiary alicyclic amines) is 1. The summed E-state index contributed by atoms with van der Waals surface area (Å²) in [6.45, 7) is -0.921. The Labute approximate surface area is 262 Å². The number of piperidine rings is 1. The van der Waals surface area contributed by atoms with E-state index in [1.165, 1.54) is 48.4 Å². The molecule has 1 saturated heterocycles. The number of rotatable bonds is 11. The molecule has 0 aliphatic carbocycles. The molecule has 2 aromatic heterocycles. The second-order valence-electron chi connectivity index (χ2n) is 10.3. The van der Waals surface area contributed by atoms with Crippen molar-refractivity contribution in [2.45, 2.75) is 44.9 Å². The Morgan fingerprint density at radius 2 is 1.80 bits per heavy atom. The van der Waals surface area contributed by atoms with Crippen molar-refractivity contribution < 1.29 is 27.8 Å². The number of hydrogen-bond acceptors (Lipinski definition) is 8. The molecule has 0 bridgehead atoms. The number of nitrogens with one attached hydrogen (secondary N) is 2. The van der Waals surface area contributed by atoms with E-state index in [1.54, 1.807) is 11.0 Å². The third-order valence-electron chi connectivity index (χ3n) is 7.11. The molecule has 4 aromatic rings. The summed E-state index contributed by atoms with van der Waals surface area (Å²) in [4.78, 5) is 36.7. The topological polar surface area (TPSA) is 135 Å². The SMILES string of the molecule is CC(=N)C(C(=O)Nc1cn(CC(=O)N2CCC(Oc3ccccc3)CC2)nc1-c1cc(Cl)ccc1OC(F)F)c1ncccn1. The summed E-state index contributed by atoms with van der Waals surface area (Å²) >= 11 is 6.21. The molecule has 0 spiro atoms. The molecule has 14 heteroatoms. The van der Waals surface area contributed by atoms with Gasteiger partial charge in [0.15, 0.2) is 0 Å². The summed E-state index contributed by atoms with van der Waals surface area (Å²) in [6, 6.07) is 15.1. The van der Waals surface area contributed by atoms with E-state index in [1.807, 2.05) is 30.3 Å². The van der Waals surface area contributed by atoms with Crippen molar-refractivity contribution in [1.29, 1.82) is 5.41 Å². The zero-order valence-corrected chi connectivity index (χ0v) is 25.0. The molecule has 2 amide bonds. The number of alkyl halides is 2. The molecule has 1 unspecified atom stereocenters. The average Bonchev–Trinajstić information content (AvgIpc) is 3.40. The number of ether oxygens (including phenoxy) is 2. The summed E-state index contributed by atoms with van der Waals surface area (Å²) in [7, 11) is 0. The fourth-order valence-electron chi connectivity index (χ4n) is 5.00. The molecule has 1 fully saturated rings. The fourth-order valence-corrected chi connectivity index (χ4v) is 5.18. The van der Waals surface area contributed by atoms with Crippen molar-refractivity contribution in [2.75, 3.05) is 18.4 Å². The van der Waals surface area contributed by atoms with Gasteiger partial charge in [-0.3, -0.25) is 14.3 Å². The first-order valence-electron chi connectivity index (χ1n) is 14.1. The van der Waals surface area contributed by atoms with Crippen molar-refractivity contribution >= 4 is 34.8 Å². The van der Waals surface area contributed by atoms with Gasteiger partial charge in [-0.2, -0.15) is 13.9 Å². The fraction of sp³-hybridized carbons (Fsp3) is 0.290. The van der Waals surface area contributed by atoms with E-state index in [-0.39, 0.29) is 57.8 Å². The van der Waals surface area contributed by atoms with Gasteiger partial charge in [0.25, 0.3) is 0 Å². The van der Waals surface area contributed by atoms with Crippen LogP contribution in [-0.2, 0) is 16.1 Å². The number of benzene rings is 2. The number of anilines is 1. The van der Waals surface area contributed by atoms with E-state index in [0.717, 1.165) is 5.75 Å². The van der Waals surface area contributed by atoms with E-state index in [9.17, 15) is 18.4 Å². The predicted molar refractivity (Wildman–Crippen MR) is 163 cm³/mol. The van der Waals surface area contributed by atoms with Gasteiger partial charge in [0.2, 0.25) is 11.8 Å². The highest BCUT2D eigenvalue weighted by atomic mass is 35.5. The Balaban J connectivity index is 1.39. The third kappa shape index (κ3) is 7.98. The monoisotopic (exact) mass is 637 g/mol. The highest BCUT2D eigenvalue weighted by molar-refractivity contribution is 6.31. The quantitative estimate of drug-likeness (QED) is 0.210. The third-order valence-corrected chi connectivity index (χ3v) is 7.34. The number of halogens is 3. The normalized spacial score (nSPS) is 14.2. The van der Waals surface area contributed by atoms with Crippen LogP contribution in [0.2, 0.25) is 5.02 Å². The van der Waals surface area contributed by atoms with Crippen LogP contribution in [0.1, 0.15) is 31.5 Å². The molecular formula is C31H30ClF2N7O4. The zero-order chi connectivity index (χ0) is 31.9. The molecule has 1 aliphatic heterocycles. The zero-order valence-electron chi connectivity index (χ0n) is 24.2. The maximum atomic E-state index is 13.5. The van der Waals surface area contributed by atoms with Crippen molar-refractivity contribution in [3.63, 3.8) is 0 Å². The van der Waals surface area contributed by atoms with Gasteiger partial charge in [-0.1, -0.05) is 29.8 Å². The van der Waals surface area contributed by atoms with E-state index in [4.69, 9.17) is 26.5 Å². The Morgan fingerprint density at radius 3 is 2.47 bits per heavy atom. The number of nitrogens with zero attached hydrogens (tertiary/aromatic N) is 5. The molecule has 1 atom stereocenters. The Morgan fingerprint density at radius 1 is 1.09 bits per heavy atom. The highest BCUT2D eigenvalue weighted by Crippen LogP contribution is 2.37. The minimum atomic E-state index is -3.14. The van der Waals surface area contributed by atoms with Gasteiger partial charge in [0, 0.05) is 60.8 Å². The van der Waals surface area contributed by atoms with Gasteiger partial charge >= 0.3 is 6.61 Å². The Hall–Kier alpha value is -4.91. The van der Waals surface area contributed by atoms with Crippen molar-refractivity contribution in [3.05, 3.63) is 84.0 Å². The van der Waals surface area contributed by atoms with Crippen LogP contribution >= 0.6 is 11.6 Å². The van der Waals surface area contributed by atoms with Gasteiger partial charge < -0.3 is 25.1 Å². The number of hydrogen-bond donors (Lipinski definition) is 2. The van der Waals surface area contributed by atoms with Gasteiger partial charge in [-0.15, -0.1) is 0 Å². The summed E-state index contributed by atoms with van der Waals surface area (Å²) < 4.78 is 38.6. The van der Waals surface area contributed by atoms with Crippen LogP contribution in [-0.4, -0.2) is 68.0 Å². The molecule has 11 nitrogen and oxygen atoms in total. The minimum absolute atomic E-state index is 0.0213. The van der Waals surface area contributed by atoms with E-state index in [0.29, 0.717) is 25.9 Å². The second kappa shape index (κ2) is 14.2. The standard InChI is InChI=1S/C31H30ClF2N7O4/c1-19(35)27(29-36-12-5-13-37-29)30(43)38-24-17-41(39-28(24)23-16-20(32)8-9-25(23)45-31(33)34)18-26(42)40-14-10-22(11-15-40)44-21-6-3-2-4-7-21/h2-9,12-13,16-17,22,27,31,35H,10-11,14-15,18H2,1H3,(H,38,43). The van der Waals surface area contributed by atoms with Crippen LogP contribution in [0.25, 0.3) is 11.3 Å². The molecule has 5 rings (SSSR count). The molecule has 0 radical (unpaired) electrons. The number of aromatic nitrogens is 4. The smallest absolute Gasteiger partial charge is 0.387 e. The molecule has 3 heterocycles. The number of para-hydroxylation sites is 1. The minimum Gasteiger partial charge on any atom is -0.490 e. The number of carbonyl (C=O) groups excluding carboxylic acids is 2. The lowest BCUT2D eigenvalue weighted by Gasteiger charge is -2.32. The molecule has 1 aliphatic rings. The van der Waals surface area contributed by atoms with Crippen molar-refractivity contribution in [3.8, 4) is 22.8 Å². The lowest BCUT2D eigenvalue weighted by atomic mass is 10.0. The van der Waals surface area contributed by atoms with Crippen LogP contribution < -0.4 is 14.8 Å². The second-order valence-corrected chi connectivity index (χ2v) is 10.8. The van der Waals surface area contributed by atoms with Crippen LogP contribution in [0.4, 0.5) is 14.5 Å². The first-order valence-corrected chi connectivity index (χ1v) is 14.5. The van der Waals surface area contributed by atoms with Crippen molar-refractivity contribution in [1.82, 2.24) is 24.6 Å². The molecule has 45 heavy (non-hydrogen) atoms. The number of carbonyl (C=O) groups is 2. The summed E-state index contributed by atoms with van der Waals surface area (Å²) in [5, 5.41) is 15.6. The highest BCUT2D eigenvalue weighted by Gasteiger charge is 2.29. The average molecular weight is 638 g/mol. The molecule has 0 saturated carbocycles. The summed E-state index contributed by atoms with van der Waals surface area (Å²) in [5.74, 6) is -1.36. The Bertz CT molecular complexity index is 1650. The first-order chi connectivity index (χ1) is 21.7. The van der Waals surface area contributed by atoms with E-state index >= 15 is 0 Å². The van der Waals surface area contributed by atoms with Gasteiger partial charge in [-0.25, -0.2) is 9.97 Å². The van der Waals surface area contributed by atoms with Crippen LogP contribution in [0.5, 0.6) is 11.5 Å². The number of amides is 2.